The number of hydrogen-bond donors (Lipinski definition) is 1. The Morgan fingerprint density at radius 3 is 2.71 bits per heavy atom. The first-order chi connectivity index (χ1) is 8.06. The lowest BCUT2D eigenvalue weighted by Gasteiger charge is -2.07. The highest BCUT2D eigenvalue weighted by atomic mass is 19.2. The molecule has 0 radical (unpaired) electrons. The highest BCUT2D eigenvalue weighted by Crippen LogP contribution is 2.24. The Morgan fingerprint density at radius 1 is 1.24 bits per heavy atom. The molecule has 0 unspecified atom stereocenters. The summed E-state index contributed by atoms with van der Waals surface area (Å²) in [6.45, 7) is 1.72. The minimum absolute atomic E-state index is 0.0492. The van der Waals surface area contributed by atoms with E-state index in [0.29, 0.717) is 5.56 Å². The lowest BCUT2D eigenvalue weighted by atomic mass is 10.3. The normalized spacial score (nSPS) is 10.3. The minimum atomic E-state index is -0.984. The average Bonchev–Trinajstić information content (AvgIpc) is 2.29. The van der Waals surface area contributed by atoms with Crippen molar-refractivity contribution in [1.29, 1.82) is 0 Å². The number of nitrogens with two attached hydrogens (primary N) is 1. The Labute approximate surface area is 96.1 Å². The molecule has 2 N–H and O–H groups in total. The average molecular weight is 237 g/mol. The first-order valence-corrected chi connectivity index (χ1v) is 4.78. The highest BCUT2D eigenvalue weighted by molar-refractivity contribution is 5.34. The zero-order valence-corrected chi connectivity index (χ0v) is 8.95. The first-order valence-electron chi connectivity index (χ1n) is 4.78. The number of rotatable bonds is 2. The van der Waals surface area contributed by atoms with Crippen molar-refractivity contribution in [1.82, 2.24) is 9.97 Å². The van der Waals surface area contributed by atoms with Gasteiger partial charge in [0.15, 0.2) is 11.6 Å². The van der Waals surface area contributed by atoms with Crippen LogP contribution >= 0.6 is 0 Å². The lowest BCUT2D eigenvalue weighted by molar-refractivity contribution is 0.444. The summed E-state index contributed by atoms with van der Waals surface area (Å²) in [5, 5.41) is 0. The van der Waals surface area contributed by atoms with E-state index < -0.39 is 11.6 Å². The van der Waals surface area contributed by atoms with E-state index in [4.69, 9.17) is 10.5 Å². The maximum absolute atomic E-state index is 12.9. The SMILES string of the molecule is Cc1cnc(N)nc1Oc1ccc(F)c(F)c1. The second-order valence-electron chi connectivity index (χ2n) is 3.39. The van der Waals surface area contributed by atoms with Crippen LogP contribution in [0.5, 0.6) is 11.6 Å². The number of ether oxygens (including phenoxy) is 1. The number of anilines is 1. The van der Waals surface area contributed by atoms with Crippen molar-refractivity contribution in [3.63, 3.8) is 0 Å². The predicted molar refractivity (Wildman–Crippen MR) is 57.6 cm³/mol. The maximum atomic E-state index is 12.9. The summed E-state index contributed by atoms with van der Waals surface area (Å²) in [5.74, 6) is -1.51. The molecule has 88 valence electrons. The van der Waals surface area contributed by atoms with Gasteiger partial charge in [-0.05, 0) is 19.1 Å². The zero-order chi connectivity index (χ0) is 12.4. The van der Waals surface area contributed by atoms with Crippen LogP contribution in [0.1, 0.15) is 5.56 Å². The van der Waals surface area contributed by atoms with Gasteiger partial charge in [-0.15, -0.1) is 0 Å². The monoisotopic (exact) mass is 237 g/mol. The topological polar surface area (TPSA) is 61.0 Å². The van der Waals surface area contributed by atoms with Gasteiger partial charge in [0.05, 0.1) is 0 Å². The van der Waals surface area contributed by atoms with Gasteiger partial charge in [-0.2, -0.15) is 4.98 Å². The number of aromatic nitrogens is 2. The summed E-state index contributed by atoms with van der Waals surface area (Å²) in [6, 6.07) is 3.22. The fraction of sp³-hybridized carbons (Fsp3) is 0.0909. The third-order valence-electron chi connectivity index (χ3n) is 2.05. The Kier molecular flexibility index (Phi) is 2.86. The van der Waals surface area contributed by atoms with Crippen LogP contribution < -0.4 is 10.5 Å². The number of nitrogen functional groups attached to an aromatic ring is 1. The summed E-state index contributed by atoms with van der Waals surface area (Å²) in [6.07, 6.45) is 1.48. The molecule has 0 saturated carbocycles. The van der Waals surface area contributed by atoms with Gasteiger partial charge >= 0.3 is 0 Å². The summed E-state index contributed by atoms with van der Waals surface area (Å²) in [7, 11) is 0. The molecule has 0 atom stereocenters. The zero-order valence-electron chi connectivity index (χ0n) is 8.95. The van der Waals surface area contributed by atoms with Crippen molar-refractivity contribution in [3.05, 3.63) is 41.6 Å². The second-order valence-corrected chi connectivity index (χ2v) is 3.39. The van der Waals surface area contributed by atoms with Crippen LogP contribution in [0.2, 0.25) is 0 Å². The molecule has 0 aliphatic rings. The second kappa shape index (κ2) is 4.32. The summed E-state index contributed by atoms with van der Waals surface area (Å²) < 4.78 is 30.9. The molecule has 1 heterocycles. The van der Waals surface area contributed by atoms with Crippen molar-refractivity contribution >= 4 is 5.95 Å². The van der Waals surface area contributed by atoms with E-state index in [0.717, 1.165) is 12.1 Å². The highest BCUT2D eigenvalue weighted by Gasteiger charge is 2.07. The fourth-order valence-corrected chi connectivity index (χ4v) is 1.19. The minimum Gasteiger partial charge on any atom is -0.438 e. The molecule has 2 rings (SSSR count). The van der Waals surface area contributed by atoms with E-state index >= 15 is 0 Å². The van der Waals surface area contributed by atoms with E-state index in [-0.39, 0.29) is 17.6 Å². The molecule has 4 nitrogen and oxygen atoms in total. The van der Waals surface area contributed by atoms with Crippen LogP contribution in [0.15, 0.2) is 24.4 Å². The molecular formula is C11H9F2N3O. The smallest absolute Gasteiger partial charge is 0.226 e. The molecule has 0 spiro atoms. The predicted octanol–water partition coefficient (Wildman–Crippen LogP) is 2.44. The van der Waals surface area contributed by atoms with Gasteiger partial charge in [-0.1, -0.05) is 0 Å². The van der Waals surface area contributed by atoms with Gasteiger partial charge in [0.25, 0.3) is 0 Å². The van der Waals surface area contributed by atoms with Crippen molar-refractivity contribution < 1.29 is 13.5 Å². The largest absolute Gasteiger partial charge is 0.438 e. The third-order valence-corrected chi connectivity index (χ3v) is 2.05. The fourth-order valence-electron chi connectivity index (χ4n) is 1.19. The molecule has 0 aliphatic heterocycles. The molecule has 0 aliphatic carbocycles. The van der Waals surface area contributed by atoms with Gasteiger partial charge < -0.3 is 10.5 Å². The Hall–Kier alpha value is -2.24. The van der Waals surface area contributed by atoms with Gasteiger partial charge in [0.2, 0.25) is 11.8 Å². The summed E-state index contributed by atoms with van der Waals surface area (Å²) in [4.78, 5) is 7.61. The van der Waals surface area contributed by atoms with E-state index in [1.165, 1.54) is 12.3 Å². The third kappa shape index (κ3) is 2.47. The molecule has 0 fully saturated rings. The van der Waals surface area contributed by atoms with Crippen LogP contribution in [0.4, 0.5) is 14.7 Å². The number of nitrogens with zero attached hydrogens (tertiary/aromatic N) is 2. The number of benzene rings is 1. The van der Waals surface area contributed by atoms with Crippen molar-refractivity contribution in [2.45, 2.75) is 6.92 Å². The van der Waals surface area contributed by atoms with Crippen molar-refractivity contribution in [2.75, 3.05) is 5.73 Å². The van der Waals surface area contributed by atoms with Crippen LogP contribution in [0, 0.1) is 18.6 Å². The van der Waals surface area contributed by atoms with E-state index in [2.05, 4.69) is 9.97 Å². The molecule has 2 aromatic rings. The Bertz CT molecular complexity index is 560. The van der Waals surface area contributed by atoms with E-state index in [1.807, 2.05) is 0 Å². The van der Waals surface area contributed by atoms with Gasteiger partial charge in [-0.25, -0.2) is 13.8 Å². The van der Waals surface area contributed by atoms with Gasteiger partial charge in [0, 0.05) is 17.8 Å². The molecule has 6 heteroatoms. The summed E-state index contributed by atoms with van der Waals surface area (Å²) in [5.41, 5.74) is 6.04. The quantitative estimate of drug-likeness (QED) is 0.871. The van der Waals surface area contributed by atoms with Gasteiger partial charge in [0.1, 0.15) is 5.75 Å². The molecule has 17 heavy (non-hydrogen) atoms. The van der Waals surface area contributed by atoms with Crippen LogP contribution in [0.25, 0.3) is 0 Å². The molecule has 1 aromatic heterocycles. The van der Waals surface area contributed by atoms with Crippen LogP contribution in [-0.2, 0) is 0 Å². The van der Waals surface area contributed by atoms with E-state index in [9.17, 15) is 8.78 Å². The molecule has 0 amide bonds. The van der Waals surface area contributed by atoms with Crippen molar-refractivity contribution in [2.24, 2.45) is 0 Å². The molecular weight excluding hydrogens is 228 g/mol. The molecule has 0 bridgehead atoms. The van der Waals surface area contributed by atoms with Crippen molar-refractivity contribution in [3.8, 4) is 11.6 Å². The molecule has 1 aromatic carbocycles. The Balaban J connectivity index is 2.31. The number of aryl methyl sites for hydroxylation is 1. The van der Waals surface area contributed by atoms with E-state index in [1.54, 1.807) is 6.92 Å². The van der Waals surface area contributed by atoms with Crippen LogP contribution in [-0.4, -0.2) is 9.97 Å². The lowest BCUT2D eigenvalue weighted by Crippen LogP contribution is -1.99. The van der Waals surface area contributed by atoms with Crippen LogP contribution in [0.3, 0.4) is 0 Å². The molecule has 0 saturated heterocycles. The maximum Gasteiger partial charge on any atom is 0.226 e. The summed E-state index contributed by atoms with van der Waals surface area (Å²) >= 11 is 0. The van der Waals surface area contributed by atoms with Gasteiger partial charge in [-0.3, -0.25) is 0 Å². The number of halogens is 2. The Morgan fingerprint density at radius 2 is 2.00 bits per heavy atom. The standard InChI is InChI=1S/C11H9F2N3O/c1-6-5-15-11(14)16-10(6)17-7-2-3-8(12)9(13)4-7/h2-5H,1H3,(H2,14,15,16). The first kappa shape index (κ1) is 11.3. The number of hydrogen-bond acceptors (Lipinski definition) is 4.